The summed E-state index contributed by atoms with van der Waals surface area (Å²) < 4.78 is 0. The maximum absolute atomic E-state index is 10.8. The van der Waals surface area contributed by atoms with Gasteiger partial charge in [0.1, 0.15) is 6.04 Å². The van der Waals surface area contributed by atoms with Crippen LogP contribution in [0.2, 0.25) is 0 Å². The molecule has 1 atom stereocenters. The molecule has 3 amide bonds. The molecular formula is C11H20N2O4. The van der Waals surface area contributed by atoms with E-state index < -0.39 is 23.9 Å². The van der Waals surface area contributed by atoms with Crippen molar-refractivity contribution in [3.63, 3.8) is 0 Å². The van der Waals surface area contributed by atoms with Gasteiger partial charge in [0.05, 0.1) is 0 Å². The molecule has 6 heteroatoms. The summed E-state index contributed by atoms with van der Waals surface area (Å²) in [5.74, 6) is -1.44. The summed E-state index contributed by atoms with van der Waals surface area (Å²) in [4.78, 5) is 31.4. The highest BCUT2D eigenvalue weighted by Gasteiger charge is 2.29. The number of carboxylic acids is 1. The zero-order valence-electron chi connectivity index (χ0n) is 10.3. The molecule has 0 aromatic heterocycles. The van der Waals surface area contributed by atoms with E-state index in [4.69, 9.17) is 5.11 Å². The van der Waals surface area contributed by atoms with Crippen LogP contribution in [0.5, 0.6) is 0 Å². The van der Waals surface area contributed by atoms with Crippen LogP contribution in [0.3, 0.4) is 0 Å². The van der Waals surface area contributed by atoms with Gasteiger partial charge in [0.2, 0.25) is 0 Å². The number of rotatable bonds is 3. The SMILES string of the molecule is C1CC1.CC.O=C(O)CCC1NC(=O)NC1=O. The van der Waals surface area contributed by atoms with Gasteiger partial charge in [-0.3, -0.25) is 14.9 Å². The van der Waals surface area contributed by atoms with Crippen LogP contribution >= 0.6 is 0 Å². The smallest absolute Gasteiger partial charge is 0.322 e. The first-order chi connectivity index (χ1) is 8.09. The summed E-state index contributed by atoms with van der Waals surface area (Å²) in [6.07, 6.45) is 4.51. The Hall–Kier alpha value is -1.59. The molecule has 0 radical (unpaired) electrons. The van der Waals surface area contributed by atoms with Crippen LogP contribution in [0.25, 0.3) is 0 Å². The lowest BCUT2D eigenvalue weighted by atomic mass is 10.1. The normalized spacial score (nSPS) is 20.0. The molecule has 6 nitrogen and oxygen atoms in total. The van der Waals surface area contributed by atoms with Gasteiger partial charge in [-0.15, -0.1) is 0 Å². The predicted molar refractivity (Wildman–Crippen MR) is 62.5 cm³/mol. The number of aliphatic carboxylic acids is 1. The molecule has 98 valence electrons. The van der Waals surface area contributed by atoms with Gasteiger partial charge in [-0.25, -0.2) is 4.79 Å². The maximum Gasteiger partial charge on any atom is 0.322 e. The van der Waals surface area contributed by atoms with E-state index in [1.165, 1.54) is 19.3 Å². The molecule has 1 unspecified atom stereocenters. The standard InChI is InChI=1S/C6H8N2O4.C3H6.C2H6/c9-4(10)2-1-3-5(11)8-6(12)7-3;1-2-3-1;1-2/h3H,1-2H2,(H,9,10)(H2,7,8,11,12);1-3H2;1-2H3. The van der Waals surface area contributed by atoms with E-state index in [1.807, 2.05) is 19.2 Å². The van der Waals surface area contributed by atoms with Gasteiger partial charge in [0.25, 0.3) is 5.91 Å². The molecule has 17 heavy (non-hydrogen) atoms. The number of carboxylic acid groups (broad SMARTS) is 1. The van der Waals surface area contributed by atoms with E-state index in [2.05, 4.69) is 5.32 Å². The second kappa shape index (κ2) is 8.55. The zero-order chi connectivity index (χ0) is 13.3. The topological polar surface area (TPSA) is 95.5 Å². The summed E-state index contributed by atoms with van der Waals surface area (Å²) in [5.41, 5.74) is 0. The van der Waals surface area contributed by atoms with Gasteiger partial charge in [0, 0.05) is 6.42 Å². The van der Waals surface area contributed by atoms with E-state index in [1.54, 1.807) is 0 Å². The average Bonchev–Trinajstić information content (AvgIpc) is 3.11. The van der Waals surface area contributed by atoms with Gasteiger partial charge in [0.15, 0.2) is 0 Å². The lowest BCUT2D eigenvalue weighted by molar-refractivity contribution is -0.137. The van der Waals surface area contributed by atoms with E-state index in [9.17, 15) is 14.4 Å². The third-order valence-electron chi connectivity index (χ3n) is 1.86. The highest BCUT2D eigenvalue weighted by Crippen LogP contribution is 2.14. The molecule has 0 bridgehead atoms. The minimum absolute atomic E-state index is 0.127. The Bertz CT molecular complexity index is 274. The van der Waals surface area contributed by atoms with Crippen LogP contribution in [0.4, 0.5) is 4.79 Å². The molecule has 1 aliphatic carbocycles. The zero-order valence-corrected chi connectivity index (χ0v) is 10.3. The van der Waals surface area contributed by atoms with Crippen LogP contribution in [0, 0.1) is 0 Å². The first kappa shape index (κ1) is 15.4. The summed E-state index contributed by atoms with van der Waals surface area (Å²) >= 11 is 0. The minimum atomic E-state index is -0.982. The molecule has 1 saturated heterocycles. The Morgan fingerprint density at radius 2 is 1.82 bits per heavy atom. The van der Waals surface area contributed by atoms with E-state index in [-0.39, 0.29) is 12.8 Å². The Balaban J connectivity index is 0.000000429. The fourth-order valence-corrected chi connectivity index (χ4v) is 0.930. The molecule has 1 heterocycles. The fourth-order valence-electron chi connectivity index (χ4n) is 0.930. The second-order valence-corrected chi connectivity index (χ2v) is 3.51. The third kappa shape index (κ3) is 8.24. The van der Waals surface area contributed by atoms with Crippen LogP contribution in [0.15, 0.2) is 0 Å². The van der Waals surface area contributed by atoms with Crippen molar-refractivity contribution in [2.45, 2.75) is 52.0 Å². The molecule has 2 rings (SSSR count). The van der Waals surface area contributed by atoms with Crippen LogP contribution in [-0.4, -0.2) is 29.1 Å². The molecule has 0 aromatic rings. The van der Waals surface area contributed by atoms with Gasteiger partial charge in [-0.2, -0.15) is 0 Å². The average molecular weight is 244 g/mol. The number of hydrogen-bond donors (Lipinski definition) is 3. The number of nitrogens with one attached hydrogen (secondary N) is 2. The number of carbonyl (C=O) groups is 3. The number of hydrogen-bond acceptors (Lipinski definition) is 3. The van der Waals surface area contributed by atoms with Gasteiger partial charge >= 0.3 is 12.0 Å². The van der Waals surface area contributed by atoms with Crippen LogP contribution in [-0.2, 0) is 9.59 Å². The van der Waals surface area contributed by atoms with E-state index >= 15 is 0 Å². The second-order valence-electron chi connectivity index (χ2n) is 3.51. The monoisotopic (exact) mass is 244 g/mol. The number of imide groups is 1. The summed E-state index contributed by atoms with van der Waals surface area (Å²) in [6.45, 7) is 4.00. The molecule has 3 N–H and O–H groups in total. The van der Waals surface area contributed by atoms with Crippen molar-refractivity contribution in [1.29, 1.82) is 0 Å². The highest BCUT2D eigenvalue weighted by atomic mass is 16.4. The van der Waals surface area contributed by atoms with Crippen LogP contribution in [0.1, 0.15) is 46.0 Å². The van der Waals surface area contributed by atoms with Crippen LogP contribution < -0.4 is 10.6 Å². The first-order valence-electron chi connectivity index (χ1n) is 5.93. The minimum Gasteiger partial charge on any atom is -0.481 e. The predicted octanol–water partition coefficient (Wildman–Crippen LogP) is 1.26. The number of amides is 3. The molecule has 1 saturated carbocycles. The van der Waals surface area contributed by atoms with Crippen molar-refractivity contribution >= 4 is 17.9 Å². The molecular weight excluding hydrogens is 224 g/mol. The molecule has 2 fully saturated rings. The lowest BCUT2D eigenvalue weighted by Gasteiger charge is -2.02. The van der Waals surface area contributed by atoms with Gasteiger partial charge in [-0.05, 0) is 6.42 Å². The molecule has 2 aliphatic rings. The van der Waals surface area contributed by atoms with Gasteiger partial charge in [-0.1, -0.05) is 33.1 Å². The van der Waals surface area contributed by atoms with Crippen molar-refractivity contribution in [2.24, 2.45) is 0 Å². The lowest BCUT2D eigenvalue weighted by Crippen LogP contribution is -2.29. The largest absolute Gasteiger partial charge is 0.481 e. The Morgan fingerprint density at radius 1 is 1.29 bits per heavy atom. The van der Waals surface area contributed by atoms with Crippen molar-refractivity contribution in [3.8, 4) is 0 Å². The summed E-state index contributed by atoms with van der Waals surface area (Å²) in [5, 5.41) is 12.6. The Kier molecular flexibility index (Phi) is 7.75. The van der Waals surface area contributed by atoms with E-state index in [0.29, 0.717) is 0 Å². The third-order valence-corrected chi connectivity index (χ3v) is 1.86. The Labute approximate surface area is 101 Å². The van der Waals surface area contributed by atoms with Crippen molar-refractivity contribution in [2.75, 3.05) is 0 Å². The molecule has 0 spiro atoms. The number of carbonyl (C=O) groups excluding carboxylic acids is 2. The first-order valence-corrected chi connectivity index (χ1v) is 5.93. The fraction of sp³-hybridized carbons (Fsp3) is 0.727. The molecule has 0 aromatic carbocycles. The quantitative estimate of drug-likeness (QED) is 0.651. The van der Waals surface area contributed by atoms with E-state index in [0.717, 1.165) is 0 Å². The maximum atomic E-state index is 10.8. The summed E-state index contributed by atoms with van der Waals surface area (Å²) in [7, 11) is 0. The van der Waals surface area contributed by atoms with Gasteiger partial charge < -0.3 is 10.4 Å². The summed E-state index contributed by atoms with van der Waals surface area (Å²) in [6, 6.07) is -1.25. The van der Waals surface area contributed by atoms with Crippen molar-refractivity contribution in [3.05, 3.63) is 0 Å². The highest BCUT2D eigenvalue weighted by molar-refractivity contribution is 6.04. The molecule has 1 aliphatic heterocycles. The van der Waals surface area contributed by atoms with Crippen molar-refractivity contribution < 1.29 is 19.5 Å². The Morgan fingerprint density at radius 3 is 2.12 bits per heavy atom. The number of urea groups is 1. The van der Waals surface area contributed by atoms with Crippen molar-refractivity contribution in [1.82, 2.24) is 10.6 Å².